The van der Waals surface area contributed by atoms with Crippen LogP contribution in [0.3, 0.4) is 0 Å². The standard InChI is InChI=1S/C39H40N2O4/c1-5-22-14-20(15-23(6-2)34(22)40-36(42)30-26-9-10-27(18-26)31(30)37(40)43)13-21-16-24(7-3)35(25(8-4)17-21)41-38(44)32-28-11-12-29(19-28)33(32)39(41)45/h9-12,14-17,26-31H,5-8,13,18-19H2,1-4H3. The minimum absolute atomic E-state index is 0.0231. The van der Waals surface area contributed by atoms with Gasteiger partial charge in [-0.2, -0.15) is 0 Å². The van der Waals surface area contributed by atoms with Crippen LogP contribution in [-0.4, -0.2) is 23.6 Å². The zero-order chi connectivity index (χ0) is 31.3. The Morgan fingerprint density at radius 2 is 0.956 bits per heavy atom. The number of carbonyl (C=O) groups is 4. The van der Waals surface area contributed by atoms with E-state index in [4.69, 9.17) is 0 Å². The molecule has 1 saturated heterocycles. The SMILES string of the molecule is CCc1cc(Cc2cc(CC)c(N3C(=O)C4C5C=CC(C5)C4C3=O)c(CC)c2)cc(CC)c1N1C(=O)C2=C(C1=O)C1C=CC2C1. The van der Waals surface area contributed by atoms with Crippen LogP contribution < -0.4 is 9.80 Å². The maximum Gasteiger partial charge on any atom is 0.262 e. The summed E-state index contributed by atoms with van der Waals surface area (Å²) in [5, 5.41) is 0. The number of fused-ring (bicyclic) bond motifs is 9. The highest BCUT2D eigenvalue weighted by atomic mass is 16.2. The summed E-state index contributed by atoms with van der Waals surface area (Å²) < 4.78 is 0. The van der Waals surface area contributed by atoms with Crippen molar-refractivity contribution in [1.29, 1.82) is 0 Å². The Bertz CT molecular complexity index is 1630. The number of amides is 4. The van der Waals surface area contributed by atoms with Crippen molar-refractivity contribution in [2.75, 3.05) is 9.80 Å². The molecule has 45 heavy (non-hydrogen) atoms. The molecule has 0 aromatic heterocycles. The van der Waals surface area contributed by atoms with Gasteiger partial charge in [-0.15, -0.1) is 0 Å². The lowest BCUT2D eigenvalue weighted by molar-refractivity contribution is -0.124. The Balaban J connectivity index is 1.13. The molecule has 4 aliphatic carbocycles. The molecule has 8 rings (SSSR count). The van der Waals surface area contributed by atoms with Gasteiger partial charge in [0.1, 0.15) is 0 Å². The maximum absolute atomic E-state index is 13.7. The molecule has 4 bridgehead atoms. The molecule has 0 radical (unpaired) electrons. The first-order chi connectivity index (χ1) is 21.8. The minimum atomic E-state index is -0.211. The van der Waals surface area contributed by atoms with Crippen molar-refractivity contribution in [1.82, 2.24) is 0 Å². The number of aryl methyl sites for hydroxylation is 4. The summed E-state index contributed by atoms with van der Waals surface area (Å²) in [5.74, 6) is -0.228. The number of allylic oxidation sites excluding steroid dienone is 4. The lowest BCUT2D eigenvalue weighted by Crippen LogP contribution is -2.35. The molecule has 6 nitrogen and oxygen atoms in total. The van der Waals surface area contributed by atoms with Gasteiger partial charge in [0.05, 0.1) is 23.2 Å². The van der Waals surface area contributed by atoms with E-state index in [0.717, 1.165) is 70.4 Å². The number of anilines is 2. The van der Waals surface area contributed by atoms with E-state index in [1.807, 2.05) is 0 Å². The topological polar surface area (TPSA) is 74.8 Å². The fourth-order valence-corrected chi connectivity index (χ4v) is 9.49. The van der Waals surface area contributed by atoms with Crippen molar-refractivity contribution in [3.8, 4) is 0 Å². The quantitative estimate of drug-likeness (QED) is 0.267. The molecule has 2 aromatic rings. The van der Waals surface area contributed by atoms with Crippen LogP contribution >= 0.6 is 0 Å². The highest BCUT2D eigenvalue weighted by molar-refractivity contribution is 6.34. The number of imide groups is 2. The van der Waals surface area contributed by atoms with Gasteiger partial charge in [-0.1, -0.05) is 76.3 Å². The fraction of sp³-hybridized carbons (Fsp3) is 0.436. The van der Waals surface area contributed by atoms with Crippen molar-refractivity contribution in [2.45, 2.75) is 72.6 Å². The maximum atomic E-state index is 13.7. The molecule has 2 fully saturated rings. The summed E-state index contributed by atoms with van der Waals surface area (Å²) >= 11 is 0. The number of nitrogens with zero attached hydrogens (tertiary/aromatic N) is 2. The van der Waals surface area contributed by atoms with Gasteiger partial charge in [0.25, 0.3) is 11.8 Å². The number of carbonyl (C=O) groups excluding carboxylic acids is 4. The van der Waals surface area contributed by atoms with Crippen molar-refractivity contribution < 1.29 is 19.2 Å². The lowest BCUT2D eigenvalue weighted by Gasteiger charge is -2.26. The summed E-state index contributed by atoms with van der Waals surface area (Å²) in [4.78, 5) is 57.9. The third kappa shape index (κ3) is 3.87. The van der Waals surface area contributed by atoms with Gasteiger partial charge in [-0.3, -0.25) is 19.2 Å². The van der Waals surface area contributed by atoms with Gasteiger partial charge in [0, 0.05) is 23.0 Å². The van der Waals surface area contributed by atoms with Gasteiger partial charge in [-0.25, -0.2) is 9.80 Å². The van der Waals surface area contributed by atoms with E-state index in [1.165, 1.54) is 4.90 Å². The number of hydrogen-bond acceptors (Lipinski definition) is 4. The molecule has 2 heterocycles. The normalized spacial score (nSPS) is 29.0. The third-order valence-electron chi connectivity index (χ3n) is 11.5. The molecular weight excluding hydrogens is 560 g/mol. The fourth-order valence-electron chi connectivity index (χ4n) is 9.49. The molecule has 6 atom stereocenters. The van der Waals surface area contributed by atoms with Crippen LogP contribution in [0.1, 0.15) is 73.9 Å². The van der Waals surface area contributed by atoms with Crippen molar-refractivity contribution in [2.24, 2.45) is 35.5 Å². The van der Waals surface area contributed by atoms with Gasteiger partial charge >= 0.3 is 0 Å². The molecule has 0 spiro atoms. The first kappa shape index (κ1) is 28.4. The molecule has 2 aromatic carbocycles. The van der Waals surface area contributed by atoms with Crippen LogP contribution in [0.4, 0.5) is 11.4 Å². The number of benzene rings is 2. The molecule has 0 N–H and O–H groups in total. The lowest BCUT2D eigenvalue weighted by atomic mass is 9.85. The Morgan fingerprint density at radius 1 is 0.556 bits per heavy atom. The summed E-state index contributed by atoms with van der Waals surface area (Å²) in [6, 6.07) is 8.67. The second-order valence-corrected chi connectivity index (χ2v) is 13.7. The Labute approximate surface area is 264 Å². The molecular formula is C39H40N2O4. The summed E-state index contributed by atoms with van der Waals surface area (Å²) in [6.45, 7) is 8.35. The predicted molar refractivity (Wildman–Crippen MR) is 174 cm³/mol. The van der Waals surface area contributed by atoms with Crippen molar-refractivity contribution in [3.63, 3.8) is 0 Å². The average Bonchev–Trinajstić information content (AvgIpc) is 3.90. The average molecular weight is 601 g/mol. The molecule has 2 aliphatic heterocycles. The Kier molecular flexibility index (Phi) is 6.46. The number of rotatable bonds is 8. The van der Waals surface area contributed by atoms with E-state index < -0.39 is 0 Å². The van der Waals surface area contributed by atoms with Crippen LogP contribution in [0.25, 0.3) is 0 Å². The van der Waals surface area contributed by atoms with E-state index >= 15 is 0 Å². The molecule has 6 aliphatic rings. The van der Waals surface area contributed by atoms with Crippen LogP contribution in [0.2, 0.25) is 0 Å². The Morgan fingerprint density at radius 3 is 1.36 bits per heavy atom. The second-order valence-electron chi connectivity index (χ2n) is 13.7. The van der Waals surface area contributed by atoms with E-state index in [-0.39, 0.29) is 59.1 Å². The molecule has 6 heteroatoms. The second kappa shape index (κ2) is 10.2. The highest BCUT2D eigenvalue weighted by Gasteiger charge is 2.60. The third-order valence-corrected chi connectivity index (χ3v) is 11.5. The summed E-state index contributed by atoms with van der Waals surface area (Å²) in [6.07, 6.45) is 13.8. The molecule has 230 valence electrons. The van der Waals surface area contributed by atoms with Crippen molar-refractivity contribution >= 4 is 35.0 Å². The monoisotopic (exact) mass is 600 g/mol. The van der Waals surface area contributed by atoms with Gasteiger partial charge in [0.15, 0.2) is 0 Å². The highest BCUT2D eigenvalue weighted by Crippen LogP contribution is 2.54. The zero-order valence-corrected chi connectivity index (χ0v) is 26.6. The van der Waals surface area contributed by atoms with Crippen LogP contribution in [-0.2, 0) is 51.3 Å². The van der Waals surface area contributed by atoms with Gasteiger partial charge < -0.3 is 0 Å². The smallest absolute Gasteiger partial charge is 0.262 e. The minimum Gasteiger partial charge on any atom is -0.274 e. The molecule has 6 unspecified atom stereocenters. The largest absolute Gasteiger partial charge is 0.274 e. The van der Waals surface area contributed by atoms with Gasteiger partial charge in [-0.05, 0) is 90.2 Å². The van der Waals surface area contributed by atoms with E-state index in [1.54, 1.807) is 4.90 Å². The van der Waals surface area contributed by atoms with Crippen molar-refractivity contribution in [3.05, 3.63) is 93.1 Å². The van der Waals surface area contributed by atoms with Crippen LogP contribution in [0.15, 0.2) is 59.7 Å². The molecule has 4 amide bonds. The Hall–Kier alpha value is -4.06. The zero-order valence-electron chi connectivity index (χ0n) is 26.6. The van der Waals surface area contributed by atoms with E-state index in [2.05, 4.69) is 76.3 Å². The molecule has 1 saturated carbocycles. The number of hydrogen-bond donors (Lipinski definition) is 0. The van der Waals surface area contributed by atoms with Gasteiger partial charge in [0.2, 0.25) is 11.8 Å². The first-order valence-electron chi connectivity index (χ1n) is 17.0. The summed E-state index contributed by atoms with van der Waals surface area (Å²) in [5.41, 5.74) is 9.37. The van der Waals surface area contributed by atoms with E-state index in [9.17, 15) is 19.2 Å². The first-order valence-corrected chi connectivity index (χ1v) is 17.0. The van der Waals surface area contributed by atoms with Crippen LogP contribution in [0.5, 0.6) is 0 Å². The van der Waals surface area contributed by atoms with E-state index in [0.29, 0.717) is 30.4 Å². The summed E-state index contributed by atoms with van der Waals surface area (Å²) in [7, 11) is 0. The van der Waals surface area contributed by atoms with Crippen LogP contribution in [0, 0.1) is 35.5 Å². The predicted octanol–water partition coefficient (Wildman–Crippen LogP) is 6.21.